The number of halogens is 1. The first-order valence-corrected chi connectivity index (χ1v) is 13.4. The molecule has 0 spiro atoms. The lowest BCUT2D eigenvalue weighted by Gasteiger charge is -2.33. The number of aryl methyl sites for hydroxylation is 2. The van der Waals surface area contributed by atoms with Crippen molar-refractivity contribution >= 4 is 22.5 Å². The molecule has 1 atom stereocenters. The topological polar surface area (TPSA) is 79.7 Å². The van der Waals surface area contributed by atoms with Crippen LogP contribution in [0, 0.1) is 13.8 Å². The first-order chi connectivity index (χ1) is 18.6. The molecule has 0 aliphatic heterocycles. The number of H-pyrrole nitrogens is 1. The number of nitrogens with zero attached hydrogens (tertiary/aromatic N) is 5. The second-order valence-corrected chi connectivity index (χ2v) is 11.5. The van der Waals surface area contributed by atoms with Gasteiger partial charge in [-0.25, -0.2) is 4.68 Å². The summed E-state index contributed by atoms with van der Waals surface area (Å²) in [6, 6.07) is 23.6. The predicted molar refractivity (Wildman–Crippen MR) is 156 cm³/mol. The van der Waals surface area contributed by atoms with E-state index in [1.54, 1.807) is 0 Å². The highest BCUT2D eigenvalue weighted by Gasteiger charge is 2.34. The fourth-order valence-corrected chi connectivity index (χ4v) is 5.14. The average molecular weight is 541 g/mol. The third-order valence-electron chi connectivity index (χ3n) is 7.08. The van der Waals surface area contributed by atoms with Gasteiger partial charge in [-0.05, 0) is 97.0 Å². The molecule has 0 amide bonds. The summed E-state index contributed by atoms with van der Waals surface area (Å²) in [5.74, 6) is 0.596. The normalized spacial score (nSPS) is 12.8. The van der Waals surface area contributed by atoms with Crippen LogP contribution in [0.1, 0.15) is 60.5 Å². The van der Waals surface area contributed by atoms with Gasteiger partial charge in [0.1, 0.15) is 6.04 Å². The lowest BCUT2D eigenvalue weighted by Crippen LogP contribution is -2.37. The van der Waals surface area contributed by atoms with Crippen molar-refractivity contribution in [3.8, 4) is 0 Å². The molecule has 7 nitrogen and oxygen atoms in total. The minimum atomic E-state index is -0.550. The molecule has 0 saturated heterocycles. The van der Waals surface area contributed by atoms with Gasteiger partial charge in [0.05, 0.1) is 5.54 Å². The number of nitrogens with one attached hydrogen (secondary N) is 1. The summed E-state index contributed by atoms with van der Waals surface area (Å²) < 4.78 is 1.81. The van der Waals surface area contributed by atoms with Crippen molar-refractivity contribution in [2.24, 2.45) is 0 Å². The van der Waals surface area contributed by atoms with Crippen LogP contribution in [-0.2, 0) is 18.6 Å². The molecule has 0 unspecified atom stereocenters. The highest BCUT2D eigenvalue weighted by atomic mass is 35.5. The van der Waals surface area contributed by atoms with E-state index in [2.05, 4.69) is 71.3 Å². The highest BCUT2D eigenvalue weighted by Crippen LogP contribution is 2.33. The van der Waals surface area contributed by atoms with Crippen LogP contribution < -0.4 is 5.56 Å². The molecule has 0 aliphatic rings. The van der Waals surface area contributed by atoms with Crippen molar-refractivity contribution in [2.45, 2.75) is 59.3 Å². The number of aromatic amines is 1. The van der Waals surface area contributed by atoms with Crippen molar-refractivity contribution in [3.05, 3.63) is 122 Å². The van der Waals surface area contributed by atoms with Crippen molar-refractivity contribution in [1.82, 2.24) is 30.1 Å². The lowest BCUT2D eigenvalue weighted by atomic mass is 9.98. The quantitative estimate of drug-likeness (QED) is 0.261. The Morgan fingerprint density at radius 1 is 0.949 bits per heavy atom. The number of tetrazole rings is 1. The number of hydrogen-bond acceptors (Lipinski definition) is 5. The molecule has 0 aliphatic carbocycles. The van der Waals surface area contributed by atoms with Gasteiger partial charge in [0.25, 0.3) is 5.56 Å². The van der Waals surface area contributed by atoms with Crippen molar-refractivity contribution in [3.63, 3.8) is 0 Å². The van der Waals surface area contributed by atoms with Crippen LogP contribution in [0.3, 0.4) is 0 Å². The van der Waals surface area contributed by atoms with Crippen LogP contribution in [0.4, 0.5) is 0 Å². The Labute approximate surface area is 233 Å². The van der Waals surface area contributed by atoms with Gasteiger partial charge in [-0.2, -0.15) is 0 Å². The Kier molecular flexibility index (Phi) is 7.38. The number of benzene rings is 3. The molecule has 5 aromatic rings. The van der Waals surface area contributed by atoms with Gasteiger partial charge in [0.2, 0.25) is 0 Å². The standard InChI is InChI=1S/C31H33ClN6O/c1-20-15-24-17-25(30(39)33-27(24)16-21(20)2)28(29-34-35-36-38(29)31(3,4)5)37(18-22-11-7-6-8-12-22)19-23-13-9-10-14-26(23)32/h6-17,28H,18-19H2,1-5H3,(H,33,39)/t28-/m0/s1. The number of rotatable bonds is 7. The molecule has 3 aromatic carbocycles. The lowest BCUT2D eigenvalue weighted by molar-refractivity contribution is 0.184. The Balaban J connectivity index is 1.76. The highest BCUT2D eigenvalue weighted by molar-refractivity contribution is 6.31. The zero-order chi connectivity index (χ0) is 27.7. The van der Waals surface area contributed by atoms with E-state index in [-0.39, 0.29) is 5.56 Å². The van der Waals surface area contributed by atoms with Gasteiger partial charge < -0.3 is 4.98 Å². The molecule has 2 heterocycles. The molecular formula is C31H33ClN6O. The van der Waals surface area contributed by atoms with Gasteiger partial charge in [0, 0.05) is 29.2 Å². The van der Waals surface area contributed by atoms with Gasteiger partial charge in [-0.15, -0.1) is 5.10 Å². The minimum Gasteiger partial charge on any atom is -0.322 e. The van der Waals surface area contributed by atoms with Gasteiger partial charge >= 0.3 is 0 Å². The molecule has 2 aromatic heterocycles. The van der Waals surface area contributed by atoms with E-state index in [9.17, 15) is 4.79 Å². The molecule has 200 valence electrons. The summed E-state index contributed by atoms with van der Waals surface area (Å²) in [4.78, 5) is 19.2. The summed E-state index contributed by atoms with van der Waals surface area (Å²) in [5, 5.41) is 14.6. The second-order valence-electron chi connectivity index (χ2n) is 11.1. The van der Waals surface area contributed by atoms with Crippen molar-refractivity contribution < 1.29 is 0 Å². The number of aromatic nitrogens is 5. The van der Waals surface area contributed by atoms with Crippen LogP contribution in [0.15, 0.2) is 77.6 Å². The molecule has 39 heavy (non-hydrogen) atoms. The Hall–Kier alpha value is -3.81. The maximum absolute atomic E-state index is 13.8. The number of hydrogen-bond donors (Lipinski definition) is 1. The number of pyridine rings is 1. The average Bonchev–Trinajstić information content (AvgIpc) is 3.38. The number of fused-ring (bicyclic) bond motifs is 1. The third-order valence-corrected chi connectivity index (χ3v) is 7.45. The Morgan fingerprint density at radius 2 is 1.64 bits per heavy atom. The van der Waals surface area contributed by atoms with E-state index in [1.165, 1.54) is 0 Å². The van der Waals surface area contributed by atoms with Crippen molar-refractivity contribution in [2.75, 3.05) is 0 Å². The molecule has 0 radical (unpaired) electrons. The van der Waals surface area contributed by atoms with Gasteiger partial charge in [-0.3, -0.25) is 9.69 Å². The largest absolute Gasteiger partial charge is 0.322 e. The van der Waals surface area contributed by atoms with Crippen LogP contribution >= 0.6 is 11.6 Å². The summed E-state index contributed by atoms with van der Waals surface area (Å²) in [7, 11) is 0. The van der Waals surface area contributed by atoms with Crippen LogP contribution in [0.5, 0.6) is 0 Å². The Bertz CT molecular complexity index is 1670. The Morgan fingerprint density at radius 3 is 2.36 bits per heavy atom. The van der Waals surface area contributed by atoms with E-state index >= 15 is 0 Å². The zero-order valence-corrected chi connectivity index (χ0v) is 23.7. The zero-order valence-electron chi connectivity index (χ0n) is 22.9. The van der Waals surface area contributed by atoms with E-state index in [0.717, 1.165) is 33.2 Å². The van der Waals surface area contributed by atoms with E-state index in [0.29, 0.717) is 29.5 Å². The first-order valence-electron chi connectivity index (χ1n) is 13.1. The molecule has 0 saturated carbocycles. The minimum absolute atomic E-state index is 0.170. The summed E-state index contributed by atoms with van der Waals surface area (Å²) >= 11 is 6.65. The van der Waals surface area contributed by atoms with Crippen LogP contribution in [-0.4, -0.2) is 30.1 Å². The fraction of sp³-hybridized carbons (Fsp3) is 0.290. The molecule has 5 rings (SSSR count). The molecule has 8 heteroatoms. The smallest absolute Gasteiger partial charge is 0.253 e. The van der Waals surface area contributed by atoms with E-state index in [4.69, 9.17) is 11.6 Å². The predicted octanol–water partition coefficient (Wildman–Crippen LogP) is 6.33. The van der Waals surface area contributed by atoms with E-state index < -0.39 is 11.6 Å². The third kappa shape index (κ3) is 5.65. The summed E-state index contributed by atoms with van der Waals surface area (Å²) in [6.45, 7) is 11.3. The summed E-state index contributed by atoms with van der Waals surface area (Å²) in [6.07, 6.45) is 0. The van der Waals surface area contributed by atoms with Crippen LogP contribution in [0.25, 0.3) is 10.9 Å². The fourth-order valence-electron chi connectivity index (χ4n) is 4.94. The van der Waals surface area contributed by atoms with E-state index in [1.807, 2.05) is 66.2 Å². The van der Waals surface area contributed by atoms with Crippen molar-refractivity contribution in [1.29, 1.82) is 0 Å². The molecule has 0 bridgehead atoms. The molecular weight excluding hydrogens is 508 g/mol. The molecule has 1 N–H and O–H groups in total. The second kappa shape index (κ2) is 10.8. The van der Waals surface area contributed by atoms with Gasteiger partial charge in [-0.1, -0.05) is 60.1 Å². The van der Waals surface area contributed by atoms with Gasteiger partial charge in [0.15, 0.2) is 5.82 Å². The SMILES string of the molecule is Cc1cc2cc([C@@H](c3nnnn3C(C)(C)C)N(Cc3ccccc3)Cc3ccccc3Cl)c(=O)[nH]c2cc1C. The van der Waals surface area contributed by atoms with Crippen LogP contribution in [0.2, 0.25) is 5.02 Å². The maximum atomic E-state index is 13.8. The summed E-state index contributed by atoms with van der Waals surface area (Å²) in [5.41, 5.74) is 5.16. The maximum Gasteiger partial charge on any atom is 0.253 e. The first kappa shape index (κ1) is 26.8. The molecule has 0 fully saturated rings. The monoisotopic (exact) mass is 540 g/mol.